The maximum atomic E-state index is 6.08. The van der Waals surface area contributed by atoms with Crippen LogP contribution in [0, 0.1) is 0 Å². The van der Waals surface area contributed by atoms with E-state index in [0.717, 1.165) is 11.4 Å². The van der Waals surface area contributed by atoms with E-state index < -0.39 is 0 Å². The molecule has 0 amide bonds. The second kappa shape index (κ2) is 8.01. The largest absolute Gasteiger partial charge is 0.399 e. The number of hydrogen-bond acceptors (Lipinski definition) is 3. The van der Waals surface area contributed by atoms with E-state index in [1.165, 1.54) is 27.8 Å². The Kier molecular flexibility index (Phi) is 5.05. The lowest BCUT2D eigenvalue weighted by Gasteiger charge is -2.40. The van der Waals surface area contributed by atoms with Gasteiger partial charge >= 0.3 is 0 Å². The van der Waals surface area contributed by atoms with Gasteiger partial charge in [0.05, 0.1) is 10.7 Å². The monoisotopic (exact) mass is 420 g/mol. The summed E-state index contributed by atoms with van der Waals surface area (Å²) in [6.07, 6.45) is 0. The summed E-state index contributed by atoms with van der Waals surface area (Å²) >= 11 is 1.87. The van der Waals surface area contributed by atoms with E-state index in [9.17, 15) is 0 Å². The van der Waals surface area contributed by atoms with Crippen molar-refractivity contribution in [1.82, 2.24) is 0 Å². The van der Waals surface area contributed by atoms with Crippen LogP contribution in [0.4, 0.5) is 11.4 Å². The van der Waals surface area contributed by atoms with Gasteiger partial charge in [-0.2, -0.15) is 0 Å². The molecule has 31 heavy (non-hydrogen) atoms. The zero-order chi connectivity index (χ0) is 21.3. The SMILES string of the molecule is Nc1ccc(C2SC=C(c3ccccc3)C2(c2ccccc2)c2ccc(N)cc2)cc1. The third-order valence-electron chi connectivity index (χ3n) is 6.06. The van der Waals surface area contributed by atoms with Crippen molar-refractivity contribution in [2.75, 3.05) is 11.5 Å². The Morgan fingerprint density at radius 3 is 1.71 bits per heavy atom. The number of hydrogen-bond donors (Lipinski definition) is 2. The molecule has 4 N–H and O–H groups in total. The van der Waals surface area contributed by atoms with E-state index in [1.807, 2.05) is 36.0 Å². The van der Waals surface area contributed by atoms with Crippen LogP contribution in [0.5, 0.6) is 0 Å². The second-order valence-electron chi connectivity index (χ2n) is 7.88. The second-order valence-corrected chi connectivity index (χ2v) is 8.86. The van der Waals surface area contributed by atoms with Crippen molar-refractivity contribution in [3.8, 4) is 0 Å². The fourth-order valence-electron chi connectivity index (χ4n) is 4.61. The number of allylic oxidation sites excluding steroid dienone is 1. The summed E-state index contributed by atoms with van der Waals surface area (Å²) in [7, 11) is 0. The van der Waals surface area contributed by atoms with E-state index in [2.05, 4.69) is 90.3 Å². The van der Waals surface area contributed by atoms with E-state index in [4.69, 9.17) is 11.5 Å². The van der Waals surface area contributed by atoms with Crippen molar-refractivity contribution in [1.29, 1.82) is 0 Å². The lowest BCUT2D eigenvalue weighted by Crippen LogP contribution is -2.32. The van der Waals surface area contributed by atoms with Gasteiger partial charge < -0.3 is 11.5 Å². The maximum absolute atomic E-state index is 6.08. The highest BCUT2D eigenvalue weighted by Crippen LogP contribution is 2.62. The molecule has 0 fully saturated rings. The van der Waals surface area contributed by atoms with Gasteiger partial charge in [0.2, 0.25) is 0 Å². The van der Waals surface area contributed by atoms with Gasteiger partial charge in [0, 0.05) is 11.4 Å². The van der Waals surface area contributed by atoms with E-state index >= 15 is 0 Å². The van der Waals surface area contributed by atoms with Crippen LogP contribution in [0.25, 0.3) is 5.57 Å². The first kappa shape index (κ1) is 19.5. The zero-order valence-electron chi connectivity index (χ0n) is 17.1. The van der Waals surface area contributed by atoms with Crippen molar-refractivity contribution < 1.29 is 0 Å². The molecule has 0 aliphatic carbocycles. The molecule has 0 spiro atoms. The van der Waals surface area contributed by atoms with Gasteiger partial charge in [0.25, 0.3) is 0 Å². The fourth-order valence-corrected chi connectivity index (χ4v) is 6.12. The Hall–Kier alpha value is -3.43. The standard InChI is InChI=1S/C28H24N2S/c29-24-15-11-21(12-16-24)27-28(22-9-5-2-6-10-22,23-13-17-25(30)18-14-23)26(19-31-27)20-7-3-1-4-8-20/h1-19,27H,29-30H2. The molecule has 0 radical (unpaired) electrons. The van der Waals surface area contributed by atoms with Crippen molar-refractivity contribution in [3.63, 3.8) is 0 Å². The number of benzene rings is 4. The van der Waals surface area contributed by atoms with Gasteiger partial charge in [-0.3, -0.25) is 0 Å². The highest BCUT2D eigenvalue weighted by Gasteiger charge is 2.49. The van der Waals surface area contributed by atoms with Gasteiger partial charge in [0.15, 0.2) is 0 Å². The minimum atomic E-state index is -0.364. The molecule has 0 bridgehead atoms. The normalized spacial score (nSPS) is 20.4. The summed E-state index contributed by atoms with van der Waals surface area (Å²) in [5.41, 5.74) is 19.6. The van der Waals surface area contributed by atoms with Crippen LogP contribution in [0.1, 0.15) is 27.5 Å². The molecule has 0 saturated heterocycles. The van der Waals surface area contributed by atoms with E-state index in [0.29, 0.717) is 0 Å². The first-order chi connectivity index (χ1) is 15.2. The topological polar surface area (TPSA) is 52.0 Å². The first-order valence-corrected chi connectivity index (χ1v) is 11.3. The van der Waals surface area contributed by atoms with Crippen molar-refractivity contribution in [2.24, 2.45) is 0 Å². The summed E-state index contributed by atoms with van der Waals surface area (Å²) in [5.74, 6) is 0. The molecule has 1 aliphatic heterocycles. The van der Waals surface area contributed by atoms with Crippen LogP contribution < -0.4 is 11.5 Å². The predicted molar refractivity (Wildman–Crippen MR) is 134 cm³/mol. The molecule has 2 unspecified atom stereocenters. The van der Waals surface area contributed by atoms with Crippen LogP contribution in [-0.4, -0.2) is 0 Å². The molecule has 0 saturated carbocycles. The molecule has 1 aliphatic rings. The highest BCUT2D eigenvalue weighted by atomic mass is 32.2. The van der Waals surface area contributed by atoms with Crippen molar-refractivity contribution in [2.45, 2.75) is 10.7 Å². The Balaban J connectivity index is 1.82. The van der Waals surface area contributed by atoms with E-state index in [-0.39, 0.29) is 10.7 Å². The smallest absolute Gasteiger partial charge is 0.0624 e. The lowest BCUT2D eigenvalue weighted by molar-refractivity contribution is 0.653. The maximum Gasteiger partial charge on any atom is 0.0624 e. The molecule has 5 rings (SSSR count). The van der Waals surface area contributed by atoms with Crippen molar-refractivity contribution >= 4 is 28.7 Å². The van der Waals surface area contributed by atoms with Crippen LogP contribution in [0.2, 0.25) is 0 Å². The summed E-state index contributed by atoms with van der Waals surface area (Å²) in [4.78, 5) is 0. The lowest BCUT2D eigenvalue weighted by atomic mass is 9.64. The Morgan fingerprint density at radius 1 is 0.581 bits per heavy atom. The molecule has 0 aromatic heterocycles. The minimum absolute atomic E-state index is 0.161. The van der Waals surface area contributed by atoms with Gasteiger partial charge in [-0.05, 0) is 57.5 Å². The zero-order valence-corrected chi connectivity index (χ0v) is 17.9. The minimum Gasteiger partial charge on any atom is -0.399 e. The molecule has 2 atom stereocenters. The highest BCUT2D eigenvalue weighted by molar-refractivity contribution is 8.03. The number of thioether (sulfide) groups is 1. The Morgan fingerprint density at radius 2 is 1.10 bits per heavy atom. The van der Waals surface area contributed by atoms with Crippen LogP contribution in [-0.2, 0) is 5.41 Å². The molecule has 152 valence electrons. The third-order valence-corrected chi connectivity index (χ3v) is 7.33. The predicted octanol–water partition coefficient (Wildman–Crippen LogP) is 6.67. The van der Waals surface area contributed by atoms with Gasteiger partial charge in [0.1, 0.15) is 0 Å². The van der Waals surface area contributed by atoms with Crippen molar-refractivity contribution in [3.05, 3.63) is 137 Å². The van der Waals surface area contributed by atoms with Crippen LogP contribution >= 0.6 is 11.8 Å². The summed E-state index contributed by atoms with van der Waals surface area (Å²) in [6, 6.07) is 38.2. The number of rotatable bonds is 4. The number of nitrogen functional groups attached to an aromatic ring is 2. The van der Waals surface area contributed by atoms with Gasteiger partial charge in [-0.1, -0.05) is 84.9 Å². The summed E-state index contributed by atoms with van der Waals surface area (Å²) in [5, 5.41) is 2.49. The fraction of sp³-hybridized carbons (Fsp3) is 0.0714. The van der Waals surface area contributed by atoms with Gasteiger partial charge in [-0.25, -0.2) is 0 Å². The Labute approximate surface area is 187 Å². The number of nitrogens with two attached hydrogens (primary N) is 2. The van der Waals surface area contributed by atoms with Crippen LogP contribution in [0.15, 0.2) is 115 Å². The number of anilines is 2. The molecule has 2 nitrogen and oxygen atoms in total. The van der Waals surface area contributed by atoms with Gasteiger partial charge in [-0.15, -0.1) is 11.8 Å². The average molecular weight is 421 g/mol. The summed E-state index contributed by atoms with van der Waals surface area (Å²) in [6.45, 7) is 0. The average Bonchev–Trinajstić information content (AvgIpc) is 3.22. The molecule has 1 heterocycles. The van der Waals surface area contributed by atoms with Crippen LogP contribution in [0.3, 0.4) is 0 Å². The molecular weight excluding hydrogens is 396 g/mol. The summed E-state index contributed by atoms with van der Waals surface area (Å²) < 4.78 is 0. The molecule has 4 aromatic rings. The Bertz CT molecular complexity index is 1200. The van der Waals surface area contributed by atoms with E-state index in [1.54, 1.807) is 0 Å². The molecule has 4 aromatic carbocycles. The molecular formula is C28H24N2S. The first-order valence-electron chi connectivity index (χ1n) is 10.4. The molecule has 3 heteroatoms. The third kappa shape index (κ3) is 3.31. The quantitative estimate of drug-likeness (QED) is 0.363.